The Hall–Kier alpha value is -2.13. The Balaban J connectivity index is 2.39. The van der Waals surface area contributed by atoms with E-state index in [0.717, 1.165) is 22.4 Å². The fourth-order valence-electron chi connectivity index (χ4n) is 2.23. The molecule has 0 heterocycles. The number of hydrogen-bond acceptors (Lipinski definition) is 2. The first-order valence-corrected chi connectivity index (χ1v) is 6.77. The van der Waals surface area contributed by atoms with Crippen LogP contribution in [-0.4, -0.2) is 19.0 Å². The minimum Gasteiger partial charge on any atom is -0.329 e. The lowest BCUT2D eigenvalue weighted by Crippen LogP contribution is -2.35. The number of amides is 1. The van der Waals surface area contributed by atoms with Gasteiger partial charge in [0, 0.05) is 24.3 Å². The smallest absolute Gasteiger partial charge is 0.258 e. The molecule has 0 atom stereocenters. The molecule has 0 aliphatic heterocycles. The van der Waals surface area contributed by atoms with Crippen molar-refractivity contribution in [3.63, 3.8) is 0 Å². The summed E-state index contributed by atoms with van der Waals surface area (Å²) in [5, 5.41) is 0. The predicted molar refractivity (Wildman–Crippen MR) is 83.1 cm³/mol. The first-order valence-electron chi connectivity index (χ1n) is 6.77. The van der Waals surface area contributed by atoms with Crippen molar-refractivity contribution < 1.29 is 4.79 Å². The van der Waals surface area contributed by atoms with Crippen molar-refractivity contribution in [2.24, 2.45) is 5.73 Å². The Morgan fingerprint density at radius 3 is 2.50 bits per heavy atom. The van der Waals surface area contributed by atoms with E-state index in [1.54, 1.807) is 4.90 Å². The highest BCUT2D eigenvalue weighted by Crippen LogP contribution is 2.19. The standard InChI is InChI=1S/C17H20N2O/c1-13-6-5-8-15(12-13)19(11-10-18)17(20)16-9-4-3-7-14(16)2/h3-9,12H,10-11,18H2,1-2H3. The van der Waals surface area contributed by atoms with Gasteiger partial charge < -0.3 is 10.6 Å². The normalized spacial score (nSPS) is 10.3. The molecule has 0 fully saturated rings. The van der Waals surface area contributed by atoms with Gasteiger partial charge in [0.1, 0.15) is 0 Å². The van der Waals surface area contributed by atoms with E-state index in [0.29, 0.717) is 13.1 Å². The SMILES string of the molecule is Cc1cccc(N(CCN)C(=O)c2ccccc2C)c1. The van der Waals surface area contributed by atoms with Gasteiger partial charge in [-0.2, -0.15) is 0 Å². The molecule has 0 aliphatic rings. The molecule has 0 radical (unpaired) electrons. The van der Waals surface area contributed by atoms with Crippen LogP contribution in [0.4, 0.5) is 5.69 Å². The average Bonchev–Trinajstić information content (AvgIpc) is 2.44. The number of nitrogens with two attached hydrogens (primary N) is 1. The summed E-state index contributed by atoms with van der Waals surface area (Å²) < 4.78 is 0. The van der Waals surface area contributed by atoms with Crippen LogP contribution in [0.25, 0.3) is 0 Å². The van der Waals surface area contributed by atoms with E-state index < -0.39 is 0 Å². The summed E-state index contributed by atoms with van der Waals surface area (Å²) >= 11 is 0. The minimum absolute atomic E-state index is 0.000787. The highest BCUT2D eigenvalue weighted by molar-refractivity contribution is 6.07. The third kappa shape index (κ3) is 3.06. The van der Waals surface area contributed by atoms with Gasteiger partial charge in [-0.05, 0) is 43.2 Å². The molecule has 1 amide bonds. The molecule has 3 nitrogen and oxygen atoms in total. The van der Waals surface area contributed by atoms with Crippen LogP contribution in [0.5, 0.6) is 0 Å². The fourth-order valence-corrected chi connectivity index (χ4v) is 2.23. The zero-order valence-electron chi connectivity index (χ0n) is 12.0. The Morgan fingerprint density at radius 1 is 1.10 bits per heavy atom. The van der Waals surface area contributed by atoms with Crippen LogP contribution >= 0.6 is 0 Å². The average molecular weight is 268 g/mol. The molecule has 104 valence electrons. The number of carbonyl (C=O) groups is 1. The Labute approximate surface area is 120 Å². The lowest BCUT2D eigenvalue weighted by molar-refractivity contribution is 0.0987. The molecule has 0 unspecified atom stereocenters. The summed E-state index contributed by atoms with van der Waals surface area (Å²) in [7, 11) is 0. The second-order valence-corrected chi connectivity index (χ2v) is 4.90. The van der Waals surface area contributed by atoms with E-state index in [-0.39, 0.29) is 5.91 Å². The predicted octanol–water partition coefficient (Wildman–Crippen LogP) is 2.91. The van der Waals surface area contributed by atoms with Crippen LogP contribution in [0.2, 0.25) is 0 Å². The Morgan fingerprint density at radius 2 is 1.85 bits per heavy atom. The first kappa shape index (κ1) is 14.3. The zero-order chi connectivity index (χ0) is 14.5. The van der Waals surface area contributed by atoms with Crippen LogP contribution in [0.15, 0.2) is 48.5 Å². The lowest BCUT2D eigenvalue weighted by Gasteiger charge is -2.23. The van der Waals surface area contributed by atoms with Crippen LogP contribution in [0.1, 0.15) is 21.5 Å². The maximum absolute atomic E-state index is 12.7. The molecule has 0 aliphatic carbocycles. The highest BCUT2D eigenvalue weighted by Gasteiger charge is 2.18. The highest BCUT2D eigenvalue weighted by atomic mass is 16.2. The zero-order valence-corrected chi connectivity index (χ0v) is 12.0. The molecule has 2 rings (SSSR count). The summed E-state index contributed by atoms with van der Waals surface area (Å²) in [5.74, 6) is -0.000787. The second-order valence-electron chi connectivity index (χ2n) is 4.90. The number of anilines is 1. The topological polar surface area (TPSA) is 46.3 Å². The van der Waals surface area contributed by atoms with Gasteiger partial charge in [-0.1, -0.05) is 30.3 Å². The van der Waals surface area contributed by atoms with Crippen molar-refractivity contribution in [2.75, 3.05) is 18.0 Å². The van der Waals surface area contributed by atoms with Gasteiger partial charge in [0.25, 0.3) is 5.91 Å². The molecule has 0 aromatic heterocycles. The third-order valence-corrected chi connectivity index (χ3v) is 3.29. The first-order chi connectivity index (χ1) is 9.63. The van der Waals surface area contributed by atoms with E-state index in [9.17, 15) is 4.79 Å². The number of hydrogen-bond donors (Lipinski definition) is 1. The third-order valence-electron chi connectivity index (χ3n) is 3.29. The largest absolute Gasteiger partial charge is 0.329 e. The van der Waals surface area contributed by atoms with Crippen molar-refractivity contribution in [3.05, 3.63) is 65.2 Å². The summed E-state index contributed by atoms with van der Waals surface area (Å²) in [6, 6.07) is 15.6. The molecule has 0 bridgehead atoms. The molecule has 2 aromatic rings. The number of benzene rings is 2. The molecule has 3 heteroatoms. The Bertz CT molecular complexity index is 607. The number of nitrogens with zero attached hydrogens (tertiary/aromatic N) is 1. The molecule has 2 aromatic carbocycles. The van der Waals surface area contributed by atoms with Gasteiger partial charge in [0.2, 0.25) is 0 Å². The van der Waals surface area contributed by atoms with E-state index in [2.05, 4.69) is 0 Å². The van der Waals surface area contributed by atoms with Crippen LogP contribution in [0, 0.1) is 13.8 Å². The van der Waals surface area contributed by atoms with Crippen molar-refractivity contribution in [2.45, 2.75) is 13.8 Å². The fraction of sp³-hybridized carbons (Fsp3) is 0.235. The molecule has 2 N–H and O–H groups in total. The monoisotopic (exact) mass is 268 g/mol. The van der Waals surface area contributed by atoms with Crippen LogP contribution in [0.3, 0.4) is 0 Å². The summed E-state index contributed by atoms with van der Waals surface area (Å²) in [6.07, 6.45) is 0. The molecule has 0 saturated heterocycles. The maximum Gasteiger partial charge on any atom is 0.258 e. The van der Waals surface area contributed by atoms with E-state index >= 15 is 0 Å². The lowest BCUT2D eigenvalue weighted by atomic mass is 10.1. The van der Waals surface area contributed by atoms with Gasteiger partial charge in [-0.25, -0.2) is 0 Å². The molecule has 0 saturated carbocycles. The van der Waals surface area contributed by atoms with Crippen molar-refractivity contribution in [1.29, 1.82) is 0 Å². The van der Waals surface area contributed by atoms with Crippen molar-refractivity contribution >= 4 is 11.6 Å². The van der Waals surface area contributed by atoms with Gasteiger partial charge in [-0.3, -0.25) is 4.79 Å². The van der Waals surface area contributed by atoms with Gasteiger partial charge in [-0.15, -0.1) is 0 Å². The maximum atomic E-state index is 12.7. The molecule has 0 spiro atoms. The minimum atomic E-state index is -0.000787. The van der Waals surface area contributed by atoms with Gasteiger partial charge in [0.15, 0.2) is 0 Å². The van der Waals surface area contributed by atoms with Gasteiger partial charge in [0.05, 0.1) is 0 Å². The number of aryl methyl sites for hydroxylation is 2. The second kappa shape index (κ2) is 6.35. The summed E-state index contributed by atoms with van der Waals surface area (Å²) in [6.45, 7) is 4.91. The molecular formula is C17H20N2O. The van der Waals surface area contributed by atoms with E-state index in [1.165, 1.54) is 0 Å². The number of rotatable bonds is 4. The van der Waals surface area contributed by atoms with Gasteiger partial charge >= 0.3 is 0 Å². The van der Waals surface area contributed by atoms with Crippen LogP contribution < -0.4 is 10.6 Å². The quantitative estimate of drug-likeness (QED) is 0.926. The number of carbonyl (C=O) groups excluding carboxylic acids is 1. The molecular weight excluding hydrogens is 248 g/mol. The summed E-state index contributed by atoms with van der Waals surface area (Å²) in [5.41, 5.74) is 9.39. The molecule has 20 heavy (non-hydrogen) atoms. The van der Waals surface area contributed by atoms with E-state index in [4.69, 9.17) is 5.73 Å². The van der Waals surface area contributed by atoms with Crippen molar-refractivity contribution in [3.8, 4) is 0 Å². The van der Waals surface area contributed by atoms with Crippen molar-refractivity contribution in [1.82, 2.24) is 0 Å². The van der Waals surface area contributed by atoms with Crippen LogP contribution in [-0.2, 0) is 0 Å². The van der Waals surface area contributed by atoms with E-state index in [1.807, 2.05) is 62.4 Å². The summed E-state index contributed by atoms with van der Waals surface area (Å²) in [4.78, 5) is 14.5. The Kier molecular flexibility index (Phi) is 4.53.